The third-order valence-corrected chi connectivity index (χ3v) is 3.56. The predicted octanol–water partition coefficient (Wildman–Crippen LogP) is 2.87. The molecule has 2 rings (SSSR count). The van der Waals surface area contributed by atoms with Crippen LogP contribution in [0.4, 0.5) is 5.69 Å². The van der Waals surface area contributed by atoms with Crippen LogP contribution in [-0.2, 0) is 5.75 Å². The van der Waals surface area contributed by atoms with Crippen LogP contribution in [-0.4, -0.2) is 5.11 Å². The van der Waals surface area contributed by atoms with Crippen LogP contribution in [0.2, 0.25) is 5.02 Å². The lowest BCUT2D eigenvalue weighted by atomic mass is 10.3. The van der Waals surface area contributed by atoms with Gasteiger partial charge in [0.15, 0.2) is 5.75 Å². The standard InChI is InChI=1S/C12H10ClNO3S/c13-9-4-8(1-2-10(9)14)18-6-7-3-11(15)12(16)5-17-7/h1-5,16H,6,14H2. The lowest BCUT2D eigenvalue weighted by Crippen LogP contribution is -1.99. The van der Waals surface area contributed by atoms with Crippen molar-refractivity contribution >= 4 is 29.1 Å². The molecule has 0 saturated carbocycles. The first-order chi connectivity index (χ1) is 8.56. The van der Waals surface area contributed by atoms with Gasteiger partial charge in [-0.2, -0.15) is 0 Å². The number of nitrogens with two attached hydrogens (primary N) is 1. The van der Waals surface area contributed by atoms with Crippen LogP contribution in [0.25, 0.3) is 0 Å². The monoisotopic (exact) mass is 283 g/mol. The second-order valence-corrected chi connectivity index (χ2v) is 5.02. The van der Waals surface area contributed by atoms with Crippen molar-refractivity contribution in [2.75, 3.05) is 5.73 Å². The molecule has 0 saturated heterocycles. The van der Waals surface area contributed by atoms with Crippen LogP contribution in [0.5, 0.6) is 5.75 Å². The summed E-state index contributed by atoms with van der Waals surface area (Å²) >= 11 is 7.35. The third kappa shape index (κ3) is 3.00. The summed E-state index contributed by atoms with van der Waals surface area (Å²) in [5.41, 5.74) is 5.68. The Morgan fingerprint density at radius 3 is 2.83 bits per heavy atom. The Kier molecular flexibility index (Phi) is 3.84. The van der Waals surface area contributed by atoms with Gasteiger partial charge in [0.2, 0.25) is 5.43 Å². The molecule has 0 aliphatic heterocycles. The zero-order chi connectivity index (χ0) is 13.1. The van der Waals surface area contributed by atoms with Gasteiger partial charge in [0.05, 0.1) is 16.5 Å². The van der Waals surface area contributed by atoms with Crippen molar-refractivity contribution < 1.29 is 9.52 Å². The van der Waals surface area contributed by atoms with Crippen molar-refractivity contribution in [1.29, 1.82) is 0 Å². The molecule has 6 heteroatoms. The quantitative estimate of drug-likeness (QED) is 0.669. The zero-order valence-corrected chi connectivity index (χ0v) is 10.8. The molecule has 1 aromatic heterocycles. The molecule has 0 unspecified atom stereocenters. The maximum atomic E-state index is 11.2. The maximum absolute atomic E-state index is 11.2. The minimum atomic E-state index is -0.452. The molecule has 94 valence electrons. The summed E-state index contributed by atoms with van der Waals surface area (Å²) in [6, 6.07) is 6.57. The molecule has 1 heterocycles. The molecule has 0 aliphatic carbocycles. The van der Waals surface area contributed by atoms with E-state index in [-0.39, 0.29) is 5.75 Å². The SMILES string of the molecule is Nc1ccc(SCc2cc(=O)c(O)co2)cc1Cl. The van der Waals surface area contributed by atoms with Crippen LogP contribution in [0, 0.1) is 0 Å². The first-order valence-corrected chi connectivity index (χ1v) is 6.41. The second kappa shape index (κ2) is 5.37. The van der Waals surface area contributed by atoms with Crippen LogP contribution in [0.3, 0.4) is 0 Å². The Morgan fingerprint density at radius 2 is 2.17 bits per heavy atom. The van der Waals surface area contributed by atoms with Gasteiger partial charge in [-0.05, 0) is 18.2 Å². The van der Waals surface area contributed by atoms with Crippen molar-refractivity contribution in [3.8, 4) is 5.75 Å². The van der Waals surface area contributed by atoms with E-state index in [1.54, 1.807) is 12.1 Å². The fraction of sp³-hybridized carbons (Fsp3) is 0.0833. The van der Waals surface area contributed by atoms with Crippen molar-refractivity contribution in [3.05, 3.63) is 51.5 Å². The maximum Gasteiger partial charge on any atom is 0.226 e. The molecule has 4 nitrogen and oxygen atoms in total. The summed E-state index contributed by atoms with van der Waals surface area (Å²) in [6.45, 7) is 0. The fourth-order valence-electron chi connectivity index (χ4n) is 1.27. The molecule has 0 spiro atoms. The highest BCUT2D eigenvalue weighted by molar-refractivity contribution is 7.98. The predicted molar refractivity (Wildman–Crippen MR) is 72.1 cm³/mol. The number of aromatic hydroxyl groups is 1. The minimum absolute atomic E-state index is 0.390. The number of anilines is 1. The van der Waals surface area contributed by atoms with Crippen molar-refractivity contribution in [1.82, 2.24) is 0 Å². The summed E-state index contributed by atoms with van der Waals surface area (Å²) in [5.74, 6) is 0.561. The van der Waals surface area contributed by atoms with E-state index in [0.29, 0.717) is 22.2 Å². The molecular weight excluding hydrogens is 274 g/mol. The van der Waals surface area contributed by atoms with Crippen LogP contribution < -0.4 is 11.2 Å². The van der Waals surface area contributed by atoms with Gasteiger partial charge < -0.3 is 15.3 Å². The lowest BCUT2D eigenvalue weighted by molar-refractivity contribution is 0.419. The normalized spacial score (nSPS) is 10.5. The van der Waals surface area contributed by atoms with E-state index in [4.69, 9.17) is 26.9 Å². The molecule has 18 heavy (non-hydrogen) atoms. The highest BCUT2D eigenvalue weighted by Crippen LogP contribution is 2.28. The number of rotatable bonds is 3. The van der Waals surface area contributed by atoms with Crippen LogP contribution in [0.15, 0.2) is 44.6 Å². The molecule has 0 aliphatic rings. The molecule has 0 atom stereocenters. The summed E-state index contributed by atoms with van der Waals surface area (Å²) in [7, 11) is 0. The number of nitrogen functional groups attached to an aromatic ring is 1. The Morgan fingerprint density at radius 1 is 1.39 bits per heavy atom. The number of halogens is 1. The smallest absolute Gasteiger partial charge is 0.226 e. The summed E-state index contributed by atoms with van der Waals surface area (Å²) < 4.78 is 5.09. The van der Waals surface area contributed by atoms with Crippen molar-refractivity contribution in [2.24, 2.45) is 0 Å². The fourth-order valence-corrected chi connectivity index (χ4v) is 2.34. The summed E-state index contributed by atoms with van der Waals surface area (Å²) in [6.07, 6.45) is 1.04. The Bertz CT molecular complexity index is 627. The number of thioether (sulfide) groups is 1. The molecule has 0 fully saturated rings. The van der Waals surface area contributed by atoms with E-state index in [2.05, 4.69) is 0 Å². The number of hydrogen-bond acceptors (Lipinski definition) is 5. The Hall–Kier alpha value is -1.59. The van der Waals surface area contributed by atoms with Gasteiger partial charge in [-0.3, -0.25) is 4.79 Å². The van der Waals surface area contributed by atoms with Gasteiger partial charge in [0.25, 0.3) is 0 Å². The van der Waals surface area contributed by atoms with E-state index < -0.39 is 5.43 Å². The van der Waals surface area contributed by atoms with Crippen LogP contribution >= 0.6 is 23.4 Å². The zero-order valence-electron chi connectivity index (χ0n) is 9.22. The van der Waals surface area contributed by atoms with E-state index in [0.717, 1.165) is 11.2 Å². The Balaban J connectivity index is 2.09. The Labute approximate surface area is 112 Å². The molecule has 1 aromatic carbocycles. The molecule has 0 amide bonds. The largest absolute Gasteiger partial charge is 0.502 e. The van der Waals surface area contributed by atoms with Crippen LogP contribution in [0.1, 0.15) is 5.76 Å². The van der Waals surface area contributed by atoms with Gasteiger partial charge in [0.1, 0.15) is 12.0 Å². The first kappa shape index (κ1) is 12.9. The van der Waals surface area contributed by atoms with Gasteiger partial charge in [-0.15, -0.1) is 11.8 Å². The van der Waals surface area contributed by atoms with Crippen molar-refractivity contribution in [2.45, 2.75) is 10.6 Å². The molecule has 3 N–H and O–H groups in total. The van der Waals surface area contributed by atoms with Gasteiger partial charge in [0, 0.05) is 11.0 Å². The third-order valence-electron chi connectivity index (χ3n) is 2.22. The van der Waals surface area contributed by atoms with E-state index in [1.165, 1.54) is 17.8 Å². The summed E-state index contributed by atoms with van der Waals surface area (Å²) in [5, 5.41) is 9.54. The van der Waals surface area contributed by atoms with E-state index in [9.17, 15) is 4.79 Å². The molecule has 0 radical (unpaired) electrons. The lowest BCUT2D eigenvalue weighted by Gasteiger charge is -2.03. The van der Waals surface area contributed by atoms with Crippen molar-refractivity contribution in [3.63, 3.8) is 0 Å². The molecular formula is C12H10ClNO3S. The summed E-state index contributed by atoms with van der Waals surface area (Å²) in [4.78, 5) is 12.1. The topological polar surface area (TPSA) is 76.5 Å². The van der Waals surface area contributed by atoms with E-state index >= 15 is 0 Å². The molecule has 2 aromatic rings. The first-order valence-electron chi connectivity index (χ1n) is 5.05. The molecule has 0 bridgehead atoms. The highest BCUT2D eigenvalue weighted by atomic mass is 35.5. The van der Waals surface area contributed by atoms with Gasteiger partial charge in [-0.25, -0.2) is 0 Å². The van der Waals surface area contributed by atoms with Gasteiger partial charge in [-0.1, -0.05) is 11.6 Å². The van der Waals surface area contributed by atoms with E-state index in [1.807, 2.05) is 6.07 Å². The minimum Gasteiger partial charge on any atom is -0.502 e. The number of benzene rings is 1. The average Bonchev–Trinajstić information content (AvgIpc) is 2.35. The number of hydrogen-bond donors (Lipinski definition) is 2. The highest BCUT2D eigenvalue weighted by Gasteiger charge is 2.04. The average molecular weight is 284 g/mol. The van der Waals surface area contributed by atoms with Gasteiger partial charge >= 0.3 is 0 Å². The second-order valence-electron chi connectivity index (χ2n) is 3.57.